The number of azo groups is 1. The van der Waals surface area contributed by atoms with Gasteiger partial charge in [-0.15, -0.1) is 10.2 Å². The number of carbonyl (C=O) groups is 2. The summed E-state index contributed by atoms with van der Waals surface area (Å²) in [6, 6.07) is 19.1. The monoisotopic (exact) mass is 820 g/mol. The third-order valence-electron chi connectivity index (χ3n) is 8.14. The highest BCUT2D eigenvalue weighted by Crippen LogP contribution is 2.31. The van der Waals surface area contributed by atoms with Gasteiger partial charge in [0.15, 0.2) is 5.78 Å². The molecular weight excluding hydrogens is 793 g/mol. The number of ether oxygens (including phenoxy) is 1. The third-order valence-corrected chi connectivity index (χ3v) is 10.9. The predicted octanol–water partition coefficient (Wildman–Crippen LogP) is 5.17. The van der Waals surface area contributed by atoms with E-state index in [9.17, 15) is 48.5 Å². The van der Waals surface area contributed by atoms with Crippen molar-refractivity contribution < 1.29 is 53.2 Å². The van der Waals surface area contributed by atoms with Crippen LogP contribution < -0.4 is 10.1 Å². The Labute approximate surface area is 318 Å². The van der Waals surface area contributed by atoms with Gasteiger partial charge in [-0.2, -0.15) is 40.3 Å². The van der Waals surface area contributed by atoms with E-state index in [4.69, 9.17) is 4.74 Å². The van der Waals surface area contributed by atoms with Crippen LogP contribution in [0.15, 0.2) is 116 Å². The summed E-state index contributed by atoms with van der Waals surface area (Å²) in [7, 11) is -13.2. The first-order valence-corrected chi connectivity index (χ1v) is 20.2. The zero-order chi connectivity index (χ0) is 40.6. The third kappa shape index (κ3) is 8.36. The first-order valence-electron chi connectivity index (χ1n) is 15.9. The number of fused-ring (bicyclic) bond motifs is 3. The number of anilines is 1. The summed E-state index contributed by atoms with van der Waals surface area (Å²) in [6.45, 7) is 1.11. The summed E-state index contributed by atoms with van der Waals surface area (Å²) in [5.41, 5.74) is 0.0661. The summed E-state index contributed by atoms with van der Waals surface area (Å²) in [5, 5.41) is 19.3. The van der Waals surface area contributed by atoms with Crippen molar-refractivity contribution >= 4 is 87.4 Å². The fourth-order valence-corrected chi connectivity index (χ4v) is 7.69. The molecule has 4 N–H and O–H groups in total. The van der Waals surface area contributed by atoms with Gasteiger partial charge in [-0.05, 0) is 60.5 Å². The van der Waals surface area contributed by atoms with Crippen LogP contribution in [0.2, 0.25) is 0 Å². The molecule has 288 valence electrons. The fourth-order valence-electron chi connectivity index (χ4n) is 5.57. The van der Waals surface area contributed by atoms with Gasteiger partial charge in [0, 0.05) is 10.8 Å². The Morgan fingerprint density at radius 1 is 0.750 bits per heavy atom. The summed E-state index contributed by atoms with van der Waals surface area (Å²) in [5.74, 6) is -1.22. The molecule has 1 unspecified atom stereocenters. The summed E-state index contributed by atoms with van der Waals surface area (Å²) >= 11 is 0. The molecule has 0 aliphatic rings. The van der Waals surface area contributed by atoms with Crippen molar-refractivity contribution in [1.82, 2.24) is 15.0 Å². The van der Waals surface area contributed by atoms with Gasteiger partial charge < -0.3 is 10.1 Å². The molecule has 0 radical (unpaired) electrons. The lowest BCUT2D eigenvalue weighted by molar-refractivity contribution is -0.126. The van der Waals surface area contributed by atoms with Crippen molar-refractivity contribution in [3.8, 4) is 11.4 Å². The second-order valence-electron chi connectivity index (χ2n) is 11.9. The maximum Gasteiger partial charge on any atom is 0.295 e. The van der Waals surface area contributed by atoms with E-state index >= 15 is 0 Å². The second kappa shape index (κ2) is 15.1. The quantitative estimate of drug-likeness (QED) is 0.0537. The van der Waals surface area contributed by atoms with Gasteiger partial charge in [0.2, 0.25) is 6.04 Å². The number of hydrogen-bond acceptors (Lipinski definition) is 13. The van der Waals surface area contributed by atoms with Gasteiger partial charge in [-0.1, -0.05) is 60.7 Å². The molecule has 1 heterocycles. The van der Waals surface area contributed by atoms with Crippen LogP contribution in [0.25, 0.3) is 39.6 Å². The molecule has 6 aromatic rings. The number of hydrogen-bond donors (Lipinski definition) is 4. The van der Waals surface area contributed by atoms with E-state index in [1.165, 1.54) is 43.5 Å². The lowest BCUT2D eigenvalue weighted by Gasteiger charge is -2.12. The molecule has 5 aromatic carbocycles. The van der Waals surface area contributed by atoms with Crippen LogP contribution in [0.3, 0.4) is 0 Å². The molecule has 6 rings (SSSR count). The second-order valence-corrected chi connectivity index (χ2v) is 16.1. The molecule has 56 heavy (non-hydrogen) atoms. The number of nitrogens with one attached hydrogen (secondary N) is 1. The van der Waals surface area contributed by atoms with E-state index in [-0.39, 0.29) is 44.6 Å². The molecule has 18 nitrogen and oxygen atoms in total. The molecule has 0 fully saturated rings. The number of ketones is 1. The minimum atomic E-state index is -4.96. The number of para-hydroxylation sites is 2. The molecule has 21 heteroatoms. The van der Waals surface area contributed by atoms with Crippen LogP contribution >= 0.6 is 0 Å². The SMILES string of the molecule is COc1ccccc1NC(=O)C(N=Nc1ccc(/C=C/c2ccc(-n3nc4cc(S(=O)(=O)O)c5ccccc5c4n3)cc2S(=O)(=O)O)c(S(=O)(=O)O)c1)C(C)=O. The minimum Gasteiger partial charge on any atom is -0.495 e. The molecule has 0 aliphatic carbocycles. The van der Waals surface area contributed by atoms with Crippen LogP contribution in [-0.2, 0) is 39.9 Å². The number of carbonyl (C=O) groups excluding carboxylic acids is 2. The van der Waals surface area contributed by atoms with Crippen molar-refractivity contribution in [2.24, 2.45) is 10.2 Å². The van der Waals surface area contributed by atoms with Crippen molar-refractivity contribution in [3.05, 3.63) is 102 Å². The lowest BCUT2D eigenvalue weighted by Crippen LogP contribution is -2.31. The van der Waals surface area contributed by atoms with E-state index in [2.05, 4.69) is 25.7 Å². The Morgan fingerprint density at radius 3 is 1.96 bits per heavy atom. The Kier molecular flexibility index (Phi) is 10.7. The zero-order valence-electron chi connectivity index (χ0n) is 28.9. The number of benzene rings is 5. The Morgan fingerprint density at radius 2 is 1.34 bits per heavy atom. The van der Waals surface area contributed by atoms with Crippen LogP contribution in [0.4, 0.5) is 11.4 Å². The molecule has 0 saturated heterocycles. The average molecular weight is 821 g/mol. The highest BCUT2D eigenvalue weighted by atomic mass is 32.2. The Bertz CT molecular complexity index is 2980. The van der Waals surface area contributed by atoms with E-state index in [1.807, 2.05) is 0 Å². The molecule has 1 amide bonds. The summed E-state index contributed by atoms with van der Waals surface area (Å²) in [6.07, 6.45) is 2.28. The largest absolute Gasteiger partial charge is 0.495 e. The number of nitrogens with zero attached hydrogens (tertiary/aromatic N) is 5. The number of rotatable bonds is 12. The average Bonchev–Trinajstić information content (AvgIpc) is 3.58. The highest BCUT2D eigenvalue weighted by Gasteiger charge is 2.25. The van der Waals surface area contributed by atoms with Crippen LogP contribution in [-0.4, -0.2) is 78.7 Å². The Hall–Kier alpha value is -6.23. The van der Waals surface area contributed by atoms with E-state index in [1.54, 1.807) is 36.4 Å². The van der Waals surface area contributed by atoms with Crippen molar-refractivity contribution in [3.63, 3.8) is 0 Å². The first-order chi connectivity index (χ1) is 26.3. The smallest absolute Gasteiger partial charge is 0.295 e. The maximum atomic E-state index is 12.9. The summed E-state index contributed by atoms with van der Waals surface area (Å²) < 4.78 is 109. The molecule has 1 aromatic heterocycles. The van der Waals surface area contributed by atoms with Gasteiger partial charge in [-0.3, -0.25) is 23.2 Å². The Balaban J connectivity index is 1.33. The number of aromatic nitrogens is 3. The number of methoxy groups -OCH3 is 1. The topological polar surface area (TPSA) is 274 Å². The predicted molar refractivity (Wildman–Crippen MR) is 202 cm³/mol. The maximum absolute atomic E-state index is 12.9. The van der Waals surface area contributed by atoms with Gasteiger partial charge in [0.25, 0.3) is 36.3 Å². The molecule has 1 atom stereocenters. The van der Waals surface area contributed by atoms with Gasteiger partial charge in [-0.25, -0.2) is 0 Å². The normalized spacial score (nSPS) is 13.1. The van der Waals surface area contributed by atoms with E-state index < -0.39 is 62.8 Å². The molecular formula is C35H28N6O12S3. The molecule has 0 spiro atoms. The van der Waals surface area contributed by atoms with Gasteiger partial charge >= 0.3 is 0 Å². The molecule has 0 bridgehead atoms. The van der Waals surface area contributed by atoms with Crippen LogP contribution in [0.1, 0.15) is 18.1 Å². The first kappa shape index (κ1) is 39.5. The highest BCUT2D eigenvalue weighted by molar-refractivity contribution is 7.86. The van der Waals surface area contributed by atoms with Crippen LogP contribution in [0, 0.1) is 0 Å². The van der Waals surface area contributed by atoms with Gasteiger partial charge in [0.05, 0.1) is 24.2 Å². The van der Waals surface area contributed by atoms with Gasteiger partial charge in [0.1, 0.15) is 31.5 Å². The summed E-state index contributed by atoms with van der Waals surface area (Å²) in [4.78, 5) is 24.4. The van der Waals surface area contributed by atoms with E-state index in [0.717, 1.165) is 42.1 Å². The number of amides is 1. The number of Topliss-reactive ketones (excluding diaryl/α,β-unsaturated/α-hetero) is 1. The van der Waals surface area contributed by atoms with Crippen molar-refractivity contribution in [2.45, 2.75) is 27.7 Å². The van der Waals surface area contributed by atoms with Crippen molar-refractivity contribution in [1.29, 1.82) is 0 Å². The zero-order valence-corrected chi connectivity index (χ0v) is 31.3. The molecule has 0 saturated carbocycles. The van der Waals surface area contributed by atoms with E-state index in [0.29, 0.717) is 11.1 Å². The fraction of sp³-hybridized carbons (Fsp3) is 0.0857. The van der Waals surface area contributed by atoms with Crippen molar-refractivity contribution in [2.75, 3.05) is 12.4 Å². The molecule has 0 aliphatic heterocycles. The minimum absolute atomic E-state index is 0.0113. The van der Waals surface area contributed by atoms with Crippen LogP contribution in [0.5, 0.6) is 5.75 Å². The standard InChI is InChI=1S/C35H28N6O12S3/c1-20(42)33(35(43)36-27-9-5-6-10-29(27)53-2)38-37-23-15-13-21(30(17-23)54(44,45)46)11-12-22-14-16-24(18-31(22)55(47,48)49)41-39-28-19-32(56(50,51)52)25-7-3-4-8-26(25)34(28)40-41/h3-19,33H,1-2H3,(H,36,43)(H,44,45,46)(H,47,48,49)(H,50,51,52)/b12-11+,38-37?. The lowest BCUT2D eigenvalue weighted by atomic mass is 10.1.